The maximum atomic E-state index is 12.1. The lowest BCUT2D eigenvalue weighted by atomic mass is 10.0. The minimum absolute atomic E-state index is 0.171. The van der Waals surface area contributed by atoms with Crippen LogP contribution in [0.2, 0.25) is 5.02 Å². The normalized spacial score (nSPS) is 11.1. The number of hydrogen-bond acceptors (Lipinski definition) is 3. The van der Waals surface area contributed by atoms with E-state index in [9.17, 15) is 4.79 Å². The zero-order valence-corrected chi connectivity index (χ0v) is 16.3. The van der Waals surface area contributed by atoms with Crippen molar-refractivity contribution < 1.29 is 9.21 Å². The molecular formula is C22H21ClN2O2. The number of carbonyl (C=O) groups excluding carboxylic acids is 1. The van der Waals surface area contributed by atoms with E-state index in [1.807, 2.05) is 57.2 Å². The van der Waals surface area contributed by atoms with Gasteiger partial charge < -0.3 is 4.42 Å². The molecule has 5 heteroatoms. The summed E-state index contributed by atoms with van der Waals surface area (Å²) in [7, 11) is 0. The minimum atomic E-state index is -0.171. The molecule has 3 rings (SSSR count). The van der Waals surface area contributed by atoms with Crippen molar-refractivity contribution in [3.05, 3.63) is 81.6 Å². The van der Waals surface area contributed by atoms with Gasteiger partial charge in [0.05, 0.1) is 12.6 Å². The molecule has 1 aromatic heterocycles. The van der Waals surface area contributed by atoms with Crippen molar-refractivity contribution in [1.82, 2.24) is 5.43 Å². The minimum Gasteiger partial charge on any atom is -0.455 e. The van der Waals surface area contributed by atoms with Crippen LogP contribution in [0.1, 0.15) is 28.0 Å². The van der Waals surface area contributed by atoms with E-state index in [1.165, 1.54) is 11.8 Å². The third-order valence-corrected chi connectivity index (χ3v) is 4.72. The number of hydrogen-bond donors (Lipinski definition) is 1. The number of hydrazone groups is 1. The van der Waals surface area contributed by atoms with Crippen LogP contribution in [0.3, 0.4) is 0 Å². The van der Waals surface area contributed by atoms with Gasteiger partial charge in [0.1, 0.15) is 11.5 Å². The summed E-state index contributed by atoms with van der Waals surface area (Å²) in [5.74, 6) is 1.07. The van der Waals surface area contributed by atoms with E-state index in [4.69, 9.17) is 16.0 Å². The molecule has 138 valence electrons. The molecule has 27 heavy (non-hydrogen) atoms. The summed E-state index contributed by atoms with van der Waals surface area (Å²) in [4.78, 5) is 12.1. The van der Waals surface area contributed by atoms with Crippen molar-refractivity contribution in [1.29, 1.82) is 0 Å². The first-order valence-electron chi connectivity index (χ1n) is 8.67. The van der Waals surface area contributed by atoms with Gasteiger partial charge in [0.25, 0.3) is 0 Å². The lowest BCUT2D eigenvalue weighted by Crippen LogP contribution is -2.20. The number of aryl methyl sites for hydroxylation is 3. The third-order valence-electron chi connectivity index (χ3n) is 4.31. The van der Waals surface area contributed by atoms with Gasteiger partial charge in [-0.2, -0.15) is 5.10 Å². The Balaban J connectivity index is 1.60. The Morgan fingerprint density at radius 2 is 1.89 bits per heavy atom. The fraction of sp³-hybridized carbons (Fsp3) is 0.182. The second-order valence-corrected chi connectivity index (χ2v) is 6.97. The Bertz CT molecular complexity index is 1010. The van der Waals surface area contributed by atoms with E-state index in [-0.39, 0.29) is 12.3 Å². The summed E-state index contributed by atoms with van der Waals surface area (Å²) >= 11 is 6.16. The number of nitrogens with one attached hydrogen (secondary N) is 1. The molecule has 0 saturated carbocycles. The third kappa shape index (κ3) is 4.86. The second-order valence-electron chi connectivity index (χ2n) is 6.57. The molecule has 0 aliphatic rings. The van der Waals surface area contributed by atoms with Crippen LogP contribution < -0.4 is 5.43 Å². The highest BCUT2D eigenvalue weighted by molar-refractivity contribution is 6.31. The zero-order chi connectivity index (χ0) is 19.4. The second kappa shape index (κ2) is 8.23. The summed E-state index contributed by atoms with van der Waals surface area (Å²) in [5.41, 5.74) is 7.71. The summed E-state index contributed by atoms with van der Waals surface area (Å²) in [6.07, 6.45) is 1.77. The van der Waals surface area contributed by atoms with Crippen LogP contribution in [0.15, 0.2) is 58.0 Å². The molecule has 0 fully saturated rings. The Morgan fingerprint density at radius 1 is 1.07 bits per heavy atom. The first kappa shape index (κ1) is 18.9. The van der Waals surface area contributed by atoms with Gasteiger partial charge in [0, 0.05) is 10.6 Å². The fourth-order valence-electron chi connectivity index (χ4n) is 2.75. The predicted octanol–water partition coefficient (Wildman–Crippen LogP) is 5.22. The van der Waals surface area contributed by atoms with Gasteiger partial charge in [-0.15, -0.1) is 0 Å². The average Bonchev–Trinajstić information content (AvgIpc) is 3.09. The summed E-state index contributed by atoms with van der Waals surface area (Å²) in [6.45, 7) is 5.98. The topological polar surface area (TPSA) is 54.6 Å². The van der Waals surface area contributed by atoms with Gasteiger partial charge in [0.15, 0.2) is 0 Å². The van der Waals surface area contributed by atoms with Crippen molar-refractivity contribution in [3.8, 4) is 11.3 Å². The number of amides is 1. The van der Waals surface area contributed by atoms with Crippen LogP contribution in [0.4, 0.5) is 0 Å². The van der Waals surface area contributed by atoms with Crippen molar-refractivity contribution in [3.63, 3.8) is 0 Å². The lowest BCUT2D eigenvalue weighted by molar-refractivity contribution is -0.120. The van der Waals surface area contributed by atoms with Crippen LogP contribution in [0, 0.1) is 20.8 Å². The van der Waals surface area contributed by atoms with Crippen LogP contribution in [0.25, 0.3) is 11.3 Å². The van der Waals surface area contributed by atoms with Gasteiger partial charge >= 0.3 is 0 Å². The highest BCUT2D eigenvalue weighted by atomic mass is 35.5. The molecule has 0 saturated heterocycles. The number of benzene rings is 2. The maximum Gasteiger partial charge on any atom is 0.244 e. The van der Waals surface area contributed by atoms with E-state index in [2.05, 4.69) is 16.6 Å². The SMILES string of the molecule is Cc1ccc(CC(=O)N/N=C\c2ccc(-c3ccc(C)c(Cl)c3)o2)c(C)c1. The first-order chi connectivity index (χ1) is 12.9. The molecule has 0 aliphatic carbocycles. The highest BCUT2D eigenvalue weighted by Crippen LogP contribution is 2.26. The summed E-state index contributed by atoms with van der Waals surface area (Å²) in [5, 5.41) is 4.67. The zero-order valence-electron chi connectivity index (χ0n) is 15.5. The van der Waals surface area contributed by atoms with E-state index in [1.54, 1.807) is 6.07 Å². The number of rotatable bonds is 5. The van der Waals surface area contributed by atoms with Gasteiger partial charge in [-0.25, -0.2) is 5.43 Å². The first-order valence-corrected chi connectivity index (χ1v) is 9.04. The average molecular weight is 381 g/mol. The smallest absolute Gasteiger partial charge is 0.244 e. The van der Waals surface area contributed by atoms with Crippen LogP contribution in [0.5, 0.6) is 0 Å². The van der Waals surface area contributed by atoms with E-state index >= 15 is 0 Å². The fourth-order valence-corrected chi connectivity index (χ4v) is 2.93. The highest BCUT2D eigenvalue weighted by Gasteiger charge is 2.07. The van der Waals surface area contributed by atoms with Crippen molar-refractivity contribution in [2.24, 2.45) is 5.10 Å². The molecule has 0 unspecified atom stereocenters. The standard InChI is InChI=1S/C22H21ClN2O2/c1-14-4-6-17(16(3)10-14)12-22(26)25-24-13-19-8-9-21(27-19)18-7-5-15(2)20(23)11-18/h4-11,13H,12H2,1-3H3,(H,25,26)/b24-13-. The number of halogens is 1. The Hall–Kier alpha value is -2.85. The molecule has 3 aromatic rings. The molecule has 4 nitrogen and oxygen atoms in total. The molecule has 0 atom stereocenters. The van der Waals surface area contributed by atoms with Crippen LogP contribution in [-0.4, -0.2) is 12.1 Å². The molecule has 1 N–H and O–H groups in total. The molecule has 1 amide bonds. The molecular weight excluding hydrogens is 360 g/mol. The summed E-state index contributed by atoms with van der Waals surface area (Å²) < 4.78 is 5.74. The van der Waals surface area contributed by atoms with Gasteiger partial charge in [-0.3, -0.25) is 4.79 Å². The molecule has 0 bridgehead atoms. The Kier molecular flexibility index (Phi) is 5.77. The quantitative estimate of drug-likeness (QED) is 0.487. The predicted molar refractivity (Wildman–Crippen MR) is 109 cm³/mol. The van der Waals surface area contributed by atoms with Crippen LogP contribution >= 0.6 is 11.6 Å². The molecule has 2 aromatic carbocycles. The lowest BCUT2D eigenvalue weighted by Gasteiger charge is -2.05. The molecule has 0 radical (unpaired) electrons. The van der Waals surface area contributed by atoms with Crippen LogP contribution in [-0.2, 0) is 11.2 Å². The number of carbonyl (C=O) groups is 1. The van der Waals surface area contributed by atoms with Gasteiger partial charge in [-0.1, -0.05) is 47.5 Å². The largest absolute Gasteiger partial charge is 0.455 e. The summed E-state index contributed by atoms with van der Waals surface area (Å²) in [6, 6.07) is 15.4. The Labute approximate surface area is 163 Å². The van der Waals surface area contributed by atoms with E-state index in [0.717, 1.165) is 22.3 Å². The monoisotopic (exact) mass is 380 g/mol. The van der Waals surface area contributed by atoms with E-state index in [0.29, 0.717) is 16.5 Å². The van der Waals surface area contributed by atoms with Gasteiger partial charge in [-0.05, 0) is 55.7 Å². The van der Waals surface area contributed by atoms with Crippen molar-refractivity contribution in [2.45, 2.75) is 27.2 Å². The maximum absolute atomic E-state index is 12.1. The van der Waals surface area contributed by atoms with Gasteiger partial charge in [0.2, 0.25) is 5.91 Å². The van der Waals surface area contributed by atoms with Crippen molar-refractivity contribution in [2.75, 3.05) is 0 Å². The molecule has 1 heterocycles. The molecule has 0 aliphatic heterocycles. The van der Waals surface area contributed by atoms with Crippen molar-refractivity contribution >= 4 is 23.7 Å². The number of nitrogens with zero attached hydrogens (tertiary/aromatic N) is 1. The van der Waals surface area contributed by atoms with E-state index < -0.39 is 0 Å². The Morgan fingerprint density at radius 3 is 2.63 bits per heavy atom. The molecule has 0 spiro atoms. The number of furan rings is 1.